The van der Waals surface area contributed by atoms with Gasteiger partial charge in [-0.3, -0.25) is 4.90 Å². The smallest absolute Gasteiger partial charge is 0.0130 e. The maximum Gasteiger partial charge on any atom is 0.0130 e. The van der Waals surface area contributed by atoms with Crippen molar-refractivity contribution in [3.8, 4) is 0 Å². The largest absolute Gasteiger partial charge is 0.294 e. The van der Waals surface area contributed by atoms with Crippen LogP contribution < -0.4 is 0 Å². The fraction of sp³-hybridized carbons (Fsp3) is 1.00. The summed E-state index contributed by atoms with van der Waals surface area (Å²) in [5.41, 5.74) is 0.554. The van der Waals surface area contributed by atoms with Crippen LogP contribution in [0.5, 0.6) is 0 Å². The Morgan fingerprint density at radius 3 is 1.32 bits per heavy atom. The molecular formula is C18H39N. The molecule has 0 aromatic rings. The lowest BCUT2D eigenvalue weighted by atomic mass is 9.95. The summed E-state index contributed by atoms with van der Waals surface area (Å²) in [6.07, 6.45) is 11.3. The van der Waals surface area contributed by atoms with Gasteiger partial charge < -0.3 is 0 Å². The molecule has 0 fully saturated rings. The molecule has 0 aliphatic rings. The molecule has 0 unspecified atom stereocenters. The Hall–Kier alpha value is -0.0400. The molecule has 0 heterocycles. The Kier molecular flexibility index (Phi) is 8.98. The maximum absolute atomic E-state index is 2.65. The second-order valence-electron chi connectivity index (χ2n) is 7.97. The van der Waals surface area contributed by atoms with Crippen molar-refractivity contribution in [2.45, 2.75) is 111 Å². The molecule has 0 atom stereocenters. The van der Waals surface area contributed by atoms with Gasteiger partial charge in [0.1, 0.15) is 0 Å². The van der Waals surface area contributed by atoms with Gasteiger partial charge in [-0.2, -0.15) is 0 Å². The summed E-state index contributed by atoms with van der Waals surface area (Å²) >= 11 is 0. The maximum atomic E-state index is 2.65. The molecule has 0 saturated carbocycles. The quantitative estimate of drug-likeness (QED) is 0.462. The van der Waals surface area contributed by atoms with Crippen LogP contribution in [0.3, 0.4) is 0 Å². The molecule has 1 heteroatoms. The number of nitrogens with zero attached hydrogens (tertiary/aromatic N) is 1. The average molecular weight is 270 g/mol. The summed E-state index contributed by atoms with van der Waals surface area (Å²) in [6, 6.07) is 0. The molecule has 0 aromatic carbocycles. The van der Waals surface area contributed by atoms with Crippen LogP contribution in [0.25, 0.3) is 0 Å². The highest BCUT2D eigenvalue weighted by atomic mass is 15.2. The van der Waals surface area contributed by atoms with Gasteiger partial charge in [0.15, 0.2) is 0 Å². The summed E-state index contributed by atoms with van der Waals surface area (Å²) < 4.78 is 0. The van der Waals surface area contributed by atoms with Gasteiger partial charge >= 0.3 is 0 Å². The molecule has 0 spiro atoms. The van der Waals surface area contributed by atoms with Crippen LogP contribution in [0.15, 0.2) is 0 Å². The fourth-order valence-electron chi connectivity index (χ4n) is 3.08. The van der Waals surface area contributed by atoms with Gasteiger partial charge in [0, 0.05) is 11.1 Å². The number of unbranched alkanes of at least 4 members (excludes halogenated alkanes) is 7. The minimum absolute atomic E-state index is 0.277. The van der Waals surface area contributed by atoms with Crippen molar-refractivity contribution in [3.05, 3.63) is 0 Å². The topological polar surface area (TPSA) is 3.24 Å². The van der Waals surface area contributed by atoms with Gasteiger partial charge in [-0.05, 0) is 54.5 Å². The van der Waals surface area contributed by atoms with Gasteiger partial charge in [0.05, 0.1) is 0 Å². The lowest BCUT2D eigenvalue weighted by Crippen LogP contribution is -2.52. The first-order chi connectivity index (χ1) is 8.69. The molecule has 0 saturated heterocycles. The van der Waals surface area contributed by atoms with Crippen LogP contribution in [0.2, 0.25) is 0 Å². The first kappa shape index (κ1) is 19.0. The molecule has 0 aliphatic carbocycles. The zero-order chi connectivity index (χ0) is 14.9. The number of hydrogen-bond donors (Lipinski definition) is 0. The third kappa shape index (κ3) is 9.49. The van der Waals surface area contributed by atoms with E-state index in [-0.39, 0.29) is 11.1 Å². The predicted molar refractivity (Wildman–Crippen MR) is 88.8 cm³/mol. The first-order valence-electron chi connectivity index (χ1n) is 8.47. The van der Waals surface area contributed by atoms with Gasteiger partial charge in [-0.1, -0.05) is 51.9 Å². The minimum atomic E-state index is 0.277. The van der Waals surface area contributed by atoms with Crippen molar-refractivity contribution in [2.24, 2.45) is 0 Å². The lowest BCUT2D eigenvalue weighted by molar-refractivity contribution is 0.0367. The van der Waals surface area contributed by atoms with E-state index in [0.717, 1.165) is 0 Å². The zero-order valence-electron chi connectivity index (χ0n) is 14.8. The molecule has 0 aromatic heterocycles. The van der Waals surface area contributed by atoms with E-state index < -0.39 is 0 Å². The van der Waals surface area contributed by atoms with E-state index in [0.29, 0.717) is 0 Å². The standard InChI is InChI=1S/C18H39N/c1-8-9-10-11-12-13-14-15-16-19(17(2,3)4)18(5,6)7/h8-16H2,1-7H3. The summed E-state index contributed by atoms with van der Waals surface area (Å²) in [7, 11) is 0. The van der Waals surface area contributed by atoms with Crippen molar-refractivity contribution in [1.82, 2.24) is 4.90 Å². The second-order valence-corrected chi connectivity index (χ2v) is 7.97. The van der Waals surface area contributed by atoms with Gasteiger partial charge in [0.2, 0.25) is 0 Å². The molecular weight excluding hydrogens is 230 g/mol. The van der Waals surface area contributed by atoms with E-state index in [9.17, 15) is 0 Å². The van der Waals surface area contributed by atoms with Gasteiger partial charge in [0.25, 0.3) is 0 Å². The molecule has 0 bridgehead atoms. The zero-order valence-corrected chi connectivity index (χ0v) is 14.8. The van der Waals surface area contributed by atoms with E-state index in [2.05, 4.69) is 53.4 Å². The Bertz CT molecular complexity index is 193. The number of hydrogen-bond acceptors (Lipinski definition) is 1. The van der Waals surface area contributed by atoms with Crippen LogP contribution in [-0.4, -0.2) is 22.5 Å². The van der Waals surface area contributed by atoms with Crippen LogP contribution in [-0.2, 0) is 0 Å². The third-order valence-electron chi connectivity index (χ3n) is 3.85. The monoisotopic (exact) mass is 269 g/mol. The molecule has 0 aliphatic heterocycles. The number of rotatable bonds is 9. The van der Waals surface area contributed by atoms with Crippen molar-refractivity contribution < 1.29 is 0 Å². The minimum Gasteiger partial charge on any atom is -0.294 e. The Labute approximate surface area is 123 Å². The van der Waals surface area contributed by atoms with Crippen molar-refractivity contribution in [1.29, 1.82) is 0 Å². The van der Waals surface area contributed by atoms with Crippen LogP contribution in [0, 0.1) is 0 Å². The summed E-state index contributed by atoms with van der Waals surface area (Å²) in [5, 5.41) is 0. The summed E-state index contributed by atoms with van der Waals surface area (Å²) in [4.78, 5) is 2.65. The van der Waals surface area contributed by atoms with E-state index in [1.54, 1.807) is 0 Å². The lowest BCUT2D eigenvalue weighted by Gasteiger charge is -2.45. The Morgan fingerprint density at radius 2 is 0.947 bits per heavy atom. The summed E-state index contributed by atoms with van der Waals surface area (Å²) in [6.45, 7) is 17.5. The van der Waals surface area contributed by atoms with Crippen LogP contribution in [0.4, 0.5) is 0 Å². The van der Waals surface area contributed by atoms with E-state index in [4.69, 9.17) is 0 Å². The van der Waals surface area contributed by atoms with Crippen LogP contribution >= 0.6 is 0 Å². The molecule has 116 valence electrons. The second kappa shape index (κ2) is 9.00. The van der Waals surface area contributed by atoms with Crippen molar-refractivity contribution in [3.63, 3.8) is 0 Å². The molecule has 0 amide bonds. The van der Waals surface area contributed by atoms with Crippen molar-refractivity contribution >= 4 is 0 Å². The Morgan fingerprint density at radius 1 is 0.579 bits per heavy atom. The van der Waals surface area contributed by atoms with E-state index in [1.807, 2.05) is 0 Å². The highest BCUT2D eigenvalue weighted by Crippen LogP contribution is 2.25. The molecule has 19 heavy (non-hydrogen) atoms. The molecule has 0 rings (SSSR count). The van der Waals surface area contributed by atoms with E-state index in [1.165, 1.54) is 57.9 Å². The highest BCUT2D eigenvalue weighted by Gasteiger charge is 2.30. The van der Waals surface area contributed by atoms with E-state index >= 15 is 0 Å². The predicted octanol–water partition coefficient (Wildman–Crippen LogP) is 6.03. The molecule has 1 nitrogen and oxygen atoms in total. The Balaban J connectivity index is 3.78. The SMILES string of the molecule is CCCCCCCCCCN(C(C)(C)C)C(C)(C)C. The fourth-order valence-corrected chi connectivity index (χ4v) is 3.08. The summed E-state index contributed by atoms with van der Waals surface area (Å²) in [5.74, 6) is 0. The highest BCUT2D eigenvalue weighted by molar-refractivity contribution is 4.86. The average Bonchev–Trinajstić information content (AvgIpc) is 2.23. The van der Waals surface area contributed by atoms with Crippen LogP contribution in [0.1, 0.15) is 99.8 Å². The first-order valence-corrected chi connectivity index (χ1v) is 8.47. The van der Waals surface area contributed by atoms with Gasteiger partial charge in [-0.25, -0.2) is 0 Å². The third-order valence-corrected chi connectivity index (χ3v) is 3.85. The normalized spacial score (nSPS) is 13.3. The molecule has 0 radical (unpaired) electrons. The molecule has 0 N–H and O–H groups in total. The van der Waals surface area contributed by atoms with Gasteiger partial charge in [-0.15, -0.1) is 0 Å². The van der Waals surface area contributed by atoms with Crippen molar-refractivity contribution in [2.75, 3.05) is 6.54 Å².